The van der Waals surface area contributed by atoms with E-state index in [1.54, 1.807) is 0 Å². The second-order valence-corrected chi connectivity index (χ2v) is 5.58. The van der Waals surface area contributed by atoms with Gasteiger partial charge in [-0.25, -0.2) is 0 Å². The minimum absolute atomic E-state index is 0.0254. The van der Waals surface area contributed by atoms with E-state index in [1.807, 2.05) is 11.8 Å². The fourth-order valence-corrected chi connectivity index (χ4v) is 2.10. The Hall–Kier alpha value is -1.14. The number of hydrogen-bond acceptors (Lipinski definition) is 5. The Kier molecular flexibility index (Phi) is 6.95. The molecule has 6 heteroatoms. The quantitative estimate of drug-likeness (QED) is 0.716. The van der Waals surface area contributed by atoms with Gasteiger partial charge in [0.2, 0.25) is 5.91 Å². The molecule has 116 valence electrons. The van der Waals surface area contributed by atoms with Crippen molar-refractivity contribution in [2.75, 3.05) is 33.4 Å². The van der Waals surface area contributed by atoms with Crippen LogP contribution in [0.1, 0.15) is 27.2 Å². The highest BCUT2D eigenvalue weighted by atomic mass is 16.5. The summed E-state index contributed by atoms with van der Waals surface area (Å²) >= 11 is 0. The first-order chi connectivity index (χ1) is 9.43. The average Bonchev–Trinajstić information content (AvgIpc) is 2.44. The number of carbonyl (C=O) groups is 2. The van der Waals surface area contributed by atoms with Crippen molar-refractivity contribution in [1.29, 1.82) is 0 Å². The van der Waals surface area contributed by atoms with E-state index in [1.165, 1.54) is 7.11 Å². The van der Waals surface area contributed by atoms with Gasteiger partial charge in [0.25, 0.3) is 0 Å². The summed E-state index contributed by atoms with van der Waals surface area (Å²) in [5.74, 6) is 0.175. The molecule has 1 amide bonds. The van der Waals surface area contributed by atoms with E-state index < -0.39 is 0 Å². The predicted molar refractivity (Wildman–Crippen MR) is 75.3 cm³/mol. The zero-order valence-electron chi connectivity index (χ0n) is 12.8. The van der Waals surface area contributed by atoms with E-state index in [2.05, 4.69) is 23.9 Å². The molecule has 1 saturated heterocycles. The smallest absolute Gasteiger partial charge is 0.308 e. The molecule has 6 nitrogen and oxygen atoms in total. The van der Waals surface area contributed by atoms with Crippen LogP contribution in [0.5, 0.6) is 0 Å². The van der Waals surface area contributed by atoms with Crippen molar-refractivity contribution in [3.63, 3.8) is 0 Å². The minimum Gasteiger partial charge on any atom is -0.469 e. The maximum atomic E-state index is 12.0. The number of amides is 1. The van der Waals surface area contributed by atoms with Gasteiger partial charge in [-0.05, 0) is 12.8 Å². The molecular weight excluding hydrogens is 260 g/mol. The molecule has 20 heavy (non-hydrogen) atoms. The van der Waals surface area contributed by atoms with Gasteiger partial charge >= 0.3 is 5.97 Å². The lowest BCUT2D eigenvalue weighted by atomic mass is 10.1. The van der Waals surface area contributed by atoms with Gasteiger partial charge in [0.1, 0.15) is 0 Å². The first kappa shape index (κ1) is 16.9. The molecule has 1 heterocycles. The number of esters is 1. The standard InChI is InChI=1S/C14H26N2O4/c1-10(2)8-15-14(18)11(3)16-5-6-20-12(9-16)7-13(17)19-4/h10-12H,5-9H2,1-4H3,(H,15,18). The Morgan fingerprint density at radius 1 is 1.40 bits per heavy atom. The van der Waals surface area contributed by atoms with Gasteiger partial charge in [-0.2, -0.15) is 0 Å². The number of hydrogen-bond donors (Lipinski definition) is 1. The number of carbonyl (C=O) groups excluding carboxylic acids is 2. The van der Waals surface area contributed by atoms with Crippen molar-refractivity contribution in [3.05, 3.63) is 0 Å². The maximum absolute atomic E-state index is 12.0. The number of nitrogens with zero attached hydrogens (tertiary/aromatic N) is 1. The molecule has 1 N–H and O–H groups in total. The topological polar surface area (TPSA) is 67.9 Å². The van der Waals surface area contributed by atoms with Crippen LogP contribution in [0.4, 0.5) is 0 Å². The molecule has 0 aromatic carbocycles. The third-order valence-corrected chi connectivity index (χ3v) is 3.40. The third-order valence-electron chi connectivity index (χ3n) is 3.40. The number of rotatable bonds is 6. The van der Waals surface area contributed by atoms with Crippen LogP contribution in [0.3, 0.4) is 0 Å². The largest absolute Gasteiger partial charge is 0.469 e. The number of morpholine rings is 1. The van der Waals surface area contributed by atoms with Gasteiger partial charge < -0.3 is 14.8 Å². The molecule has 1 rings (SSSR count). The molecule has 0 aromatic rings. The summed E-state index contributed by atoms with van der Waals surface area (Å²) in [6, 6.07) is -0.210. The van der Waals surface area contributed by atoms with Crippen LogP contribution in [0.2, 0.25) is 0 Å². The van der Waals surface area contributed by atoms with Gasteiger partial charge in [0, 0.05) is 19.6 Å². The maximum Gasteiger partial charge on any atom is 0.308 e. The second-order valence-electron chi connectivity index (χ2n) is 5.58. The summed E-state index contributed by atoms with van der Waals surface area (Å²) in [6.45, 7) is 8.50. The van der Waals surface area contributed by atoms with Gasteiger partial charge in [-0.3, -0.25) is 14.5 Å². The molecule has 0 aromatic heterocycles. The van der Waals surface area contributed by atoms with E-state index in [9.17, 15) is 9.59 Å². The molecule has 1 aliphatic heterocycles. The fraction of sp³-hybridized carbons (Fsp3) is 0.857. The lowest BCUT2D eigenvalue weighted by Crippen LogP contribution is -2.52. The Bertz CT molecular complexity index is 333. The number of nitrogens with one attached hydrogen (secondary N) is 1. The number of methoxy groups -OCH3 is 1. The lowest BCUT2D eigenvalue weighted by molar-refractivity contribution is -0.146. The van der Waals surface area contributed by atoms with Crippen molar-refractivity contribution in [2.45, 2.75) is 39.3 Å². The van der Waals surface area contributed by atoms with Crippen LogP contribution in [0, 0.1) is 5.92 Å². The van der Waals surface area contributed by atoms with Crippen LogP contribution in [-0.2, 0) is 19.1 Å². The van der Waals surface area contributed by atoms with E-state index in [4.69, 9.17) is 4.74 Å². The summed E-state index contributed by atoms with van der Waals surface area (Å²) in [5, 5.41) is 2.93. The molecule has 2 unspecified atom stereocenters. The summed E-state index contributed by atoms with van der Waals surface area (Å²) in [7, 11) is 1.37. The summed E-state index contributed by atoms with van der Waals surface area (Å²) in [6.07, 6.45) is 0.0319. The molecule has 1 aliphatic rings. The van der Waals surface area contributed by atoms with Crippen LogP contribution < -0.4 is 5.32 Å². The van der Waals surface area contributed by atoms with Crippen LogP contribution in [0.15, 0.2) is 0 Å². The molecule has 0 bridgehead atoms. The second kappa shape index (κ2) is 8.21. The molecule has 2 atom stereocenters. The van der Waals surface area contributed by atoms with Crippen molar-refractivity contribution in [3.8, 4) is 0 Å². The van der Waals surface area contributed by atoms with Gasteiger partial charge in [0.05, 0.1) is 32.3 Å². The summed E-state index contributed by atoms with van der Waals surface area (Å²) < 4.78 is 10.2. The van der Waals surface area contributed by atoms with E-state index in [0.717, 1.165) is 0 Å². The molecule has 1 fully saturated rings. The molecule has 0 saturated carbocycles. The molecule has 0 spiro atoms. The summed E-state index contributed by atoms with van der Waals surface area (Å²) in [4.78, 5) is 25.4. The highest BCUT2D eigenvalue weighted by Crippen LogP contribution is 2.12. The van der Waals surface area contributed by atoms with Gasteiger partial charge in [-0.15, -0.1) is 0 Å². The van der Waals surface area contributed by atoms with Crippen molar-refractivity contribution in [2.24, 2.45) is 5.92 Å². The SMILES string of the molecule is COC(=O)CC1CN(C(C)C(=O)NCC(C)C)CCO1. The van der Waals surface area contributed by atoms with Crippen LogP contribution in [0.25, 0.3) is 0 Å². The molecular formula is C14H26N2O4. The zero-order chi connectivity index (χ0) is 15.1. The normalized spacial score (nSPS) is 21.6. The lowest BCUT2D eigenvalue weighted by Gasteiger charge is -2.35. The predicted octanol–water partition coefficient (Wildman–Crippen LogP) is 0.411. The number of ether oxygens (including phenoxy) is 2. The first-order valence-electron chi connectivity index (χ1n) is 7.14. The van der Waals surface area contributed by atoms with Gasteiger partial charge in [0.15, 0.2) is 0 Å². The highest BCUT2D eigenvalue weighted by molar-refractivity contribution is 5.81. The van der Waals surface area contributed by atoms with E-state index in [0.29, 0.717) is 32.2 Å². The van der Waals surface area contributed by atoms with Crippen molar-refractivity contribution < 1.29 is 19.1 Å². The highest BCUT2D eigenvalue weighted by Gasteiger charge is 2.29. The Balaban J connectivity index is 2.44. The Labute approximate surface area is 120 Å². The van der Waals surface area contributed by atoms with E-state index >= 15 is 0 Å². The monoisotopic (exact) mass is 286 g/mol. The fourth-order valence-electron chi connectivity index (χ4n) is 2.10. The third kappa shape index (κ3) is 5.46. The van der Waals surface area contributed by atoms with Crippen LogP contribution >= 0.6 is 0 Å². The molecule has 0 aliphatic carbocycles. The van der Waals surface area contributed by atoms with Crippen LogP contribution in [-0.4, -0.2) is 62.3 Å². The Morgan fingerprint density at radius 2 is 2.10 bits per heavy atom. The van der Waals surface area contributed by atoms with E-state index in [-0.39, 0.29) is 30.4 Å². The van der Waals surface area contributed by atoms with Gasteiger partial charge in [-0.1, -0.05) is 13.8 Å². The van der Waals surface area contributed by atoms with Crippen molar-refractivity contribution >= 4 is 11.9 Å². The Morgan fingerprint density at radius 3 is 2.70 bits per heavy atom. The average molecular weight is 286 g/mol. The summed E-state index contributed by atoms with van der Waals surface area (Å²) in [5.41, 5.74) is 0. The van der Waals surface area contributed by atoms with Crippen molar-refractivity contribution in [1.82, 2.24) is 10.2 Å². The molecule has 0 radical (unpaired) electrons. The minimum atomic E-state index is -0.284. The zero-order valence-corrected chi connectivity index (χ0v) is 12.8. The first-order valence-corrected chi connectivity index (χ1v) is 7.14.